The van der Waals surface area contributed by atoms with Crippen molar-refractivity contribution in [3.8, 4) is 23.0 Å². The maximum absolute atomic E-state index is 12.4. The third-order valence-electron chi connectivity index (χ3n) is 4.54. The lowest BCUT2D eigenvalue weighted by atomic mass is 9.83. The van der Waals surface area contributed by atoms with Crippen LogP contribution in [0.3, 0.4) is 0 Å². The van der Waals surface area contributed by atoms with Gasteiger partial charge in [0.2, 0.25) is 11.7 Å². The summed E-state index contributed by atoms with van der Waals surface area (Å²) in [6.07, 6.45) is 0.312. The zero-order valence-corrected chi connectivity index (χ0v) is 16.3. The Morgan fingerprint density at radius 2 is 1.70 bits per heavy atom. The summed E-state index contributed by atoms with van der Waals surface area (Å²) in [5.74, 6) is 2.02. The summed E-state index contributed by atoms with van der Waals surface area (Å²) in [5, 5.41) is 2.93. The van der Waals surface area contributed by atoms with Crippen molar-refractivity contribution < 1.29 is 23.7 Å². The molecule has 0 spiro atoms. The number of amides is 1. The molecule has 2 aromatic carbocycles. The standard InChI is InChI=1S/C21H25NO5/c1-12(2)27-16-9-7-6-8-13(16)14-10-18(23)22-15-11-17(24-3)20(25-4)21(26-5)19(14)15/h6-9,11-12,14H,10H2,1-5H3,(H,22,23). The van der Waals surface area contributed by atoms with E-state index in [2.05, 4.69) is 5.32 Å². The summed E-state index contributed by atoms with van der Waals surface area (Å²) < 4.78 is 22.6. The van der Waals surface area contributed by atoms with Crippen LogP contribution in [0.15, 0.2) is 30.3 Å². The lowest BCUT2D eigenvalue weighted by Crippen LogP contribution is -2.25. The molecule has 0 saturated carbocycles. The van der Waals surface area contributed by atoms with Crippen LogP contribution in [0.2, 0.25) is 0 Å². The van der Waals surface area contributed by atoms with Gasteiger partial charge in [-0.2, -0.15) is 0 Å². The van der Waals surface area contributed by atoms with Crippen molar-refractivity contribution in [2.45, 2.75) is 32.3 Å². The van der Waals surface area contributed by atoms with E-state index in [1.807, 2.05) is 38.1 Å². The highest BCUT2D eigenvalue weighted by molar-refractivity contribution is 5.97. The number of hydrogen-bond acceptors (Lipinski definition) is 5. The fourth-order valence-corrected chi connectivity index (χ4v) is 3.51. The minimum absolute atomic E-state index is 0.0235. The lowest BCUT2D eigenvalue weighted by molar-refractivity contribution is -0.116. The van der Waals surface area contributed by atoms with Crippen LogP contribution < -0.4 is 24.3 Å². The van der Waals surface area contributed by atoms with Crippen LogP contribution in [0.5, 0.6) is 23.0 Å². The second kappa shape index (κ2) is 7.78. The van der Waals surface area contributed by atoms with Crippen LogP contribution in [-0.2, 0) is 4.79 Å². The summed E-state index contributed by atoms with van der Waals surface area (Å²) in [5.41, 5.74) is 2.45. The minimum atomic E-state index is -0.224. The average molecular weight is 371 g/mol. The molecule has 6 heteroatoms. The number of ether oxygens (including phenoxy) is 4. The number of hydrogen-bond donors (Lipinski definition) is 1. The van der Waals surface area contributed by atoms with Gasteiger partial charge in [0.25, 0.3) is 0 Å². The molecule has 27 heavy (non-hydrogen) atoms. The van der Waals surface area contributed by atoms with Gasteiger partial charge in [-0.05, 0) is 19.9 Å². The smallest absolute Gasteiger partial charge is 0.225 e. The number of para-hydroxylation sites is 1. The summed E-state index contributed by atoms with van der Waals surface area (Å²) in [4.78, 5) is 12.4. The molecule has 0 saturated heterocycles. The number of methoxy groups -OCH3 is 3. The Bertz CT molecular complexity index is 847. The topological polar surface area (TPSA) is 66.0 Å². The minimum Gasteiger partial charge on any atom is -0.493 e. The Hall–Kier alpha value is -2.89. The van der Waals surface area contributed by atoms with Crippen LogP contribution in [0.25, 0.3) is 0 Å². The van der Waals surface area contributed by atoms with E-state index in [0.717, 1.165) is 16.9 Å². The molecule has 0 aliphatic carbocycles. The largest absolute Gasteiger partial charge is 0.493 e. The molecule has 1 heterocycles. The first-order valence-corrected chi connectivity index (χ1v) is 8.88. The van der Waals surface area contributed by atoms with Gasteiger partial charge in [-0.25, -0.2) is 0 Å². The number of carbonyl (C=O) groups excluding carboxylic acids is 1. The van der Waals surface area contributed by atoms with Crippen molar-refractivity contribution in [3.05, 3.63) is 41.5 Å². The Labute approximate surface area is 159 Å². The average Bonchev–Trinajstić information content (AvgIpc) is 2.65. The van der Waals surface area contributed by atoms with Crippen molar-refractivity contribution in [2.75, 3.05) is 26.6 Å². The summed E-state index contributed by atoms with van der Waals surface area (Å²) in [6, 6.07) is 9.56. The van der Waals surface area contributed by atoms with E-state index >= 15 is 0 Å². The lowest BCUT2D eigenvalue weighted by Gasteiger charge is -2.30. The van der Waals surface area contributed by atoms with Crippen molar-refractivity contribution >= 4 is 11.6 Å². The maximum Gasteiger partial charge on any atom is 0.225 e. The highest BCUT2D eigenvalue weighted by Crippen LogP contribution is 2.52. The molecule has 144 valence electrons. The quantitative estimate of drug-likeness (QED) is 0.832. The highest BCUT2D eigenvalue weighted by atomic mass is 16.5. The van der Waals surface area contributed by atoms with Gasteiger partial charge in [0, 0.05) is 29.5 Å². The third-order valence-corrected chi connectivity index (χ3v) is 4.54. The molecule has 0 bridgehead atoms. The summed E-state index contributed by atoms with van der Waals surface area (Å²) in [7, 11) is 4.71. The first-order valence-electron chi connectivity index (χ1n) is 8.88. The molecule has 0 aromatic heterocycles. The summed E-state index contributed by atoms with van der Waals surface area (Å²) in [6.45, 7) is 3.96. The van der Waals surface area contributed by atoms with E-state index in [9.17, 15) is 4.79 Å². The second-order valence-corrected chi connectivity index (χ2v) is 6.62. The van der Waals surface area contributed by atoms with E-state index in [0.29, 0.717) is 22.9 Å². The number of carbonyl (C=O) groups is 1. The fraction of sp³-hybridized carbons (Fsp3) is 0.381. The van der Waals surface area contributed by atoms with Gasteiger partial charge in [0.05, 0.1) is 33.1 Å². The van der Waals surface area contributed by atoms with Crippen molar-refractivity contribution in [3.63, 3.8) is 0 Å². The Balaban J connectivity index is 2.23. The second-order valence-electron chi connectivity index (χ2n) is 6.62. The Kier molecular flexibility index (Phi) is 5.44. The molecule has 1 atom stereocenters. The Morgan fingerprint density at radius 3 is 2.33 bits per heavy atom. The zero-order valence-electron chi connectivity index (χ0n) is 16.3. The van der Waals surface area contributed by atoms with Gasteiger partial charge in [-0.3, -0.25) is 4.79 Å². The SMILES string of the molecule is COc1cc2c(c(OC)c1OC)C(c1ccccc1OC(C)C)CC(=O)N2. The van der Waals surface area contributed by atoms with E-state index in [-0.39, 0.29) is 24.3 Å². The first kappa shape index (κ1) is 18.9. The third kappa shape index (κ3) is 3.52. The van der Waals surface area contributed by atoms with E-state index in [1.54, 1.807) is 27.4 Å². The predicted molar refractivity (Wildman–Crippen MR) is 103 cm³/mol. The molecule has 1 aliphatic rings. The molecule has 1 N–H and O–H groups in total. The van der Waals surface area contributed by atoms with Gasteiger partial charge >= 0.3 is 0 Å². The molecular weight excluding hydrogens is 346 g/mol. The van der Waals surface area contributed by atoms with Crippen molar-refractivity contribution in [2.24, 2.45) is 0 Å². The highest BCUT2D eigenvalue weighted by Gasteiger charge is 2.34. The molecule has 2 aromatic rings. The van der Waals surface area contributed by atoms with E-state index < -0.39 is 0 Å². The van der Waals surface area contributed by atoms with Crippen molar-refractivity contribution in [1.82, 2.24) is 0 Å². The number of rotatable bonds is 6. The van der Waals surface area contributed by atoms with E-state index in [1.165, 1.54) is 0 Å². The molecule has 1 unspecified atom stereocenters. The number of benzene rings is 2. The van der Waals surface area contributed by atoms with Crippen LogP contribution in [0.1, 0.15) is 37.3 Å². The molecule has 1 aliphatic heterocycles. The molecule has 0 radical (unpaired) electrons. The predicted octanol–water partition coefficient (Wildman–Crippen LogP) is 3.97. The van der Waals surface area contributed by atoms with Crippen LogP contribution in [0.4, 0.5) is 5.69 Å². The van der Waals surface area contributed by atoms with E-state index in [4.69, 9.17) is 18.9 Å². The Morgan fingerprint density at radius 1 is 1.00 bits per heavy atom. The molecule has 0 fully saturated rings. The summed E-state index contributed by atoms with van der Waals surface area (Å²) >= 11 is 0. The van der Waals surface area contributed by atoms with Crippen LogP contribution in [0, 0.1) is 0 Å². The number of nitrogens with one attached hydrogen (secondary N) is 1. The first-order chi connectivity index (χ1) is 13.0. The molecule has 6 nitrogen and oxygen atoms in total. The molecular formula is C21H25NO5. The van der Waals surface area contributed by atoms with Gasteiger partial charge < -0.3 is 24.3 Å². The maximum atomic E-state index is 12.4. The van der Waals surface area contributed by atoms with Gasteiger partial charge in [0.1, 0.15) is 5.75 Å². The number of anilines is 1. The van der Waals surface area contributed by atoms with Crippen LogP contribution in [-0.4, -0.2) is 33.3 Å². The number of fused-ring (bicyclic) bond motifs is 1. The molecule has 1 amide bonds. The molecule has 3 rings (SSSR count). The van der Waals surface area contributed by atoms with Gasteiger partial charge in [0.15, 0.2) is 11.5 Å². The van der Waals surface area contributed by atoms with Gasteiger partial charge in [-0.1, -0.05) is 18.2 Å². The van der Waals surface area contributed by atoms with Crippen molar-refractivity contribution in [1.29, 1.82) is 0 Å². The normalized spacial score (nSPS) is 15.8. The zero-order chi connectivity index (χ0) is 19.6. The van der Waals surface area contributed by atoms with Crippen LogP contribution >= 0.6 is 0 Å². The monoisotopic (exact) mass is 371 g/mol. The fourth-order valence-electron chi connectivity index (χ4n) is 3.51. The van der Waals surface area contributed by atoms with Gasteiger partial charge in [-0.15, -0.1) is 0 Å².